The molecule has 0 saturated carbocycles. The van der Waals surface area contributed by atoms with Crippen molar-refractivity contribution in [2.75, 3.05) is 5.75 Å². The summed E-state index contributed by atoms with van der Waals surface area (Å²) >= 11 is 4.13. The average molecular weight is 126 g/mol. The highest BCUT2D eigenvalue weighted by molar-refractivity contribution is 7.80. The maximum Gasteiger partial charge on any atom is -0.00395 e. The van der Waals surface area contributed by atoms with Crippen LogP contribution >= 0.6 is 12.6 Å². The van der Waals surface area contributed by atoms with Crippen molar-refractivity contribution in [3.05, 3.63) is 24.3 Å². The molecule has 44 valence electrons. The normalized spacial score (nSPS) is 18.1. The van der Waals surface area contributed by atoms with Crippen LogP contribution in [-0.2, 0) is 0 Å². The molecule has 0 aliphatic heterocycles. The molecular formula is C7H10S. The summed E-state index contributed by atoms with van der Waals surface area (Å²) < 4.78 is 0. The van der Waals surface area contributed by atoms with Gasteiger partial charge in [-0.2, -0.15) is 12.6 Å². The van der Waals surface area contributed by atoms with Crippen LogP contribution in [-0.4, -0.2) is 5.75 Å². The fourth-order valence-corrected chi connectivity index (χ4v) is 1.12. The molecule has 0 nitrogen and oxygen atoms in total. The van der Waals surface area contributed by atoms with Gasteiger partial charge in [0.05, 0.1) is 0 Å². The Labute approximate surface area is 55.7 Å². The Morgan fingerprint density at radius 1 is 1.25 bits per heavy atom. The molecule has 1 aliphatic carbocycles. The summed E-state index contributed by atoms with van der Waals surface area (Å²) in [6.07, 6.45) is 9.77. The van der Waals surface area contributed by atoms with E-state index in [9.17, 15) is 0 Å². The molecule has 0 N–H and O–H groups in total. The molecule has 0 fully saturated rings. The van der Waals surface area contributed by atoms with Crippen LogP contribution in [0.1, 0.15) is 6.42 Å². The number of hydrogen-bond acceptors (Lipinski definition) is 1. The predicted molar refractivity (Wildman–Crippen MR) is 40.2 cm³/mol. The summed E-state index contributed by atoms with van der Waals surface area (Å²) in [5.74, 6) is 1.66. The van der Waals surface area contributed by atoms with Crippen molar-refractivity contribution in [2.45, 2.75) is 6.42 Å². The molecule has 0 amide bonds. The van der Waals surface area contributed by atoms with E-state index in [0.717, 1.165) is 5.75 Å². The standard InChI is InChI=1S/C7H10S/c8-6-5-7-3-1-2-4-7/h1-4,7-8H,5-6H2. The highest BCUT2D eigenvalue weighted by Crippen LogP contribution is 2.12. The Hall–Kier alpha value is -0.170. The first kappa shape index (κ1) is 5.96. The quantitative estimate of drug-likeness (QED) is 0.538. The van der Waals surface area contributed by atoms with E-state index in [1.807, 2.05) is 0 Å². The topological polar surface area (TPSA) is 0 Å². The van der Waals surface area contributed by atoms with E-state index in [2.05, 4.69) is 36.9 Å². The van der Waals surface area contributed by atoms with Crippen molar-refractivity contribution in [2.24, 2.45) is 5.92 Å². The molecule has 0 spiro atoms. The average Bonchev–Trinajstić information content (AvgIpc) is 2.19. The first-order chi connectivity index (χ1) is 3.93. The van der Waals surface area contributed by atoms with Gasteiger partial charge in [-0.3, -0.25) is 0 Å². The summed E-state index contributed by atoms with van der Waals surface area (Å²) in [6, 6.07) is 0. The number of allylic oxidation sites excluding steroid dienone is 4. The van der Waals surface area contributed by atoms with Crippen molar-refractivity contribution >= 4 is 12.6 Å². The molecule has 0 heterocycles. The molecule has 1 aliphatic rings. The van der Waals surface area contributed by atoms with Crippen LogP contribution in [0.3, 0.4) is 0 Å². The lowest BCUT2D eigenvalue weighted by Gasteiger charge is -1.97. The number of thiol groups is 1. The zero-order chi connectivity index (χ0) is 5.82. The second-order valence-corrected chi connectivity index (χ2v) is 2.39. The van der Waals surface area contributed by atoms with E-state index in [0.29, 0.717) is 5.92 Å². The Balaban J connectivity index is 2.27. The highest BCUT2D eigenvalue weighted by atomic mass is 32.1. The molecule has 0 unspecified atom stereocenters. The maximum absolute atomic E-state index is 4.13. The minimum atomic E-state index is 0.674. The van der Waals surface area contributed by atoms with Gasteiger partial charge in [0.15, 0.2) is 0 Å². The summed E-state index contributed by atoms with van der Waals surface area (Å²) in [5, 5.41) is 0. The lowest BCUT2D eigenvalue weighted by Crippen LogP contribution is -1.88. The van der Waals surface area contributed by atoms with Crippen LogP contribution in [0.4, 0.5) is 0 Å². The summed E-state index contributed by atoms with van der Waals surface area (Å²) in [4.78, 5) is 0. The van der Waals surface area contributed by atoms with E-state index in [1.165, 1.54) is 6.42 Å². The van der Waals surface area contributed by atoms with E-state index in [-0.39, 0.29) is 0 Å². The van der Waals surface area contributed by atoms with Crippen LogP contribution < -0.4 is 0 Å². The molecular weight excluding hydrogens is 116 g/mol. The third-order valence-corrected chi connectivity index (χ3v) is 1.55. The number of hydrogen-bond donors (Lipinski definition) is 1. The van der Waals surface area contributed by atoms with E-state index >= 15 is 0 Å². The van der Waals surface area contributed by atoms with Gasteiger partial charge in [-0.05, 0) is 18.1 Å². The molecule has 0 aromatic heterocycles. The minimum Gasteiger partial charge on any atom is -0.179 e. The van der Waals surface area contributed by atoms with Crippen LogP contribution in [0.25, 0.3) is 0 Å². The van der Waals surface area contributed by atoms with Crippen molar-refractivity contribution in [3.63, 3.8) is 0 Å². The third-order valence-electron chi connectivity index (χ3n) is 1.29. The summed E-state index contributed by atoms with van der Waals surface area (Å²) in [7, 11) is 0. The Morgan fingerprint density at radius 3 is 2.38 bits per heavy atom. The van der Waals surface area contributed by atoms with Crippen molar-refractivity contribution < 1.29 is 0 Å². The van der Waals surface area contributed by atoms with E-state index < -0.39 is 0 Å². The largest absolute Gasteiger partial charge is 0.179 e. The van der Waals surface area contributed by atoms with Crippen molar-refractivity contribution in [1.29, 1.82) is 0 Å². The lowest BCUT2D eigenvalue weighted by atomic mass is 10.1. The molecule has 1 rings (SSSR count). The molecule has 0 aromatic carbocycles. The molecule has 0 bridgehead atoms. The van der Waals surface area contributed by atoms with Gasteiger partial charge in [0.2, 0.25) is 0 Å². The second kappa shape index (κ2) is 2.98. The Kier molecular flexibility index (Phi) is 2.22. The zero-order valence-electron chi connectivity index (χ0n) is 4.75. The van der Waals surface area contributed by atoms with Gasteiger partial charge >= 0.3 is 0 Å². The molecule has 8 heavy (non-hydrogen) atoms. The van der Waals surface area contributed by atoms with E-state index in [1.54, 1.807) is 0 Å². The lowest BCUT2D eigenvalue weighted by molar-refractivity contribution is 0.795. The highest BCUT2D eigenvalue weighted by Gasteiger charge is 1.99. The molecule has 0 aromatic rings. The first-order valence-electron chi connectivity index (χ1n) is 2.89. The van der Waals surface area contributed by atoms with Crippen LogP contribution in [0, 0.1) is 5.92 Å². The minimum absolute atomic E-state index is 0.674. The van der Waals surface area contributed by atoms with Gasteiger partial charge in [0.25, 0.3) is 0 Å². The predicted octanol–water partition coefficient (Wildman–Crippen LogP) is 2.05. The molecule has 0 saturated heterocycles. The van der Waals surface area contributed by atoms with Crippen LogP contribution in [0.15, 0.2) is 24.3 Å². The van der Waals surface area contributed by atoms with Crippen molar-refractivity contribution in [1.82, 2.24) is 0 Å². The van der Waals surface area contributed by atoms with Gasteiger partial charge in [0, 0.05) is 0 Å². The fourth-order valence-electron chi connectivity index (χ4n) is 0.819. The molecule has 1 heteroatoms. The van der Waals surface area contributed by atoms with Gasteiger partial charge in [-0.1, -0.05) is 24.3 Å². The van der Waals surface area contributed by atoms with Gasteiger partial charge in [0.1, 0.15) is 0 Å². The van der Waals surface area contributed by atoms with Crippen LogP contribution in [0.2, 0.25) is 0 Å². The molecule has 0 radical (unpaired) electrons. The summed E-state index contributed by atoms with van der Waals surface area (Å²) in [6.45, 7) is 0. The fraction of sp³-hybridized carbons (Fsp3) is 0.429. The SMILES string of the molecule is SCCC1C=CC=C1. The Morgan fingerprint density at radius 2 is 1.88 bits per heavy atom. The summed E-state index contributed by atoms with van der Waals surface area (Å²) in [5.41, 5.74) is 0. The van der Waals surface area contributed by atoms with E-state index in [4.69, 9.17) is 0 Å². The van der Waals surface area contributed by atoms with Crippen molar-refractivity contribution in [3.8, 4) is 0 Å². The van der Waals surface area contributed by atoms with Gasteiger partial charge in [-0.15, -0.1) is 0 Å². The third kappa shape index (κ3) is 1.41. The number of rotatable bonds is 2. The smallest absolute Gasteiger partial charge is 0.00395 e. The van der Waals surface area contributed by atoms with Crippen LogP contribution in [0.5, 0.6) is 0 Å². The Bertz CT molecular complexity index is 102. The van der Waals surface area contributed by atoms with Gasteiger partial charge in [-0.25, -0.2) is 0 Å². The van der Waals surface area contributed by atoms with Gasteiger partial charge < -0.3 is 0 Å². The maximum atomic E-state index is 4.13. The second-order valence-electron chi connectivity index (χ2n) is 1.95. The monoisotopic (exact) mass is 126 g/mol. The zero-order valence-corrected chi connectivity index (χ0v) is 5.64. The first-order valence-corrected chi connectivity index (χ1v) is 3.52. The molecule has 0 atom stereocenters.